The summed E-state index contributed by atoms with van der Waals surface area (Å²) in [6.07, 6.45) is 0.763. The topological polar surface area (TPSA) is 141 Å². The molecule has 10 nitrogen and oxygen atoms in total. The van der Waals surface area contributed by atoms with Gasteiger partial charge in [0, 0.05) is 24.2 Å². The van der Waals surface area contributed by atoms with Crippen molar-refractivity contribution in [3.05, 3.63) is 85.8 Å². The Morgan fingerprint density at radius 1 is 1.07 bits per heavy atom. The minimum atomic E-state index is -1.97. The number of nitroso groups, excluding NO2 is 1. The maximum Gasteiger partial charge on any atom is 0.348 e. The van der Waals surface area contributed by atoms with Gasteiger partial charge in [-0.2, -0.15) is 0 Å². The molecule has 0 amide bonds. The van der Waals surface area contributed by atoms with Gasteiger partial charge in [0.05, 0.1) is 44.2 Å². The van der Waals surface area contributed by atoms with Gasteiger partial charge >= 0.3 is 5.97 Å². The van der Waals surface area contributed by atoms with Gasteiger partial charge < -0.3 is 29.7 Å². The minimum absolute atomic E-state index is 0.000205. The van der Waals surface area contributed by atoms with Crippen molar-refractivity contribution in [3.63, 3.8) is 0 Å². The normalized spacial score (nSPS) is 11.7. The number of methoxy groups -OCH3 is 2. The first-order chi connectivity index (χ1) is 20.5. The van der Waals surface area contributed by atoms with Crippen LogP contribution in [0.4, 0.5) is 34.6 Å². The summed E-state index contributed by atoms with van der Waals surface area (Å²) < 4.78 is 73.3. The molecule has 0 saturated heterocycles. The zero-order chi connectivity index (χ0) is 31.8. The lowest BCUT2D eigenvalue weighted by molar-refractivity contribution is -0.348. The van der Waals surface area contributed by atoms with Gasteiger partial charge in [-0.25, -0.2) is 27.3 Å². The average Bonchev–Trinajstić information content (AvgIpc) is 3.01. The van der Waals surface area contributed by atoms with Crippen molar-refractivity contribution < 1.29 is 51.8 Å². The number of aliphatic hydroxyl groups excluding tert-OH is 2. The summed E-state index contributed by atoms with van der Waals surface area (Å²) in [5, 5.41) is 24.3. The van der Waals surface area contributed by atoms with E-state index in [4.69, 9.17) is 25.8 Å². The molecule has 0 spiro atoms. The van der Waals surface area contributed by atoms with Crippen LogP contribution in [0.2, 0.25) is 5.02 Å². The van der Waals surface area contributed by atoms with Crippen LogP contribution in [0.1, 0.15) is 23.6 Å². The third-order valence-corrected chi connectivity index (χ3v) is 6.35. The number of benzene rings is 3. The molecule has 3 aromatic rings. The molecule has 0 aliphatic rings. The van der Waals surface area contributed by atoms with E-state index in [2.05, 4.69) is 15.5 Å². The molecule has 0 fully saturated rings. The second-order valence-corrected chi connectivity index (χ2v) is 8.90. The maximum atomic E-state index is 14.9. The van der Waals surface area contributed by atoms with Gasteiger partial charge in [0.1, 0.15) is 28.1 Å². The fourth-order valence-electron chi connectivity index (χ4n) is 3.84. The highest BCUT2D eigenvalue weighted by Gasteiger charge is 2.31. The molecule has 0 atom stereocenters. The van der Waals surface area contributed by atoms with Crippen molar-refractivity contribution >= 4 is 46.6 Å². The number of nitrogens with zero attached hydrogens (tertiary/aromatic N) is 1. The first-order valence-corrected chi connectivity index (χ1v) is 12.7. The zero-order valence-corrected chi connectivity index (χ0v) is 23.6. The third-order valence-electron chi connectivity index (χ3n) is 6.02. The summed E-state index contributed by atoms with van der Waals surface area (Å²) in [7, 11) is 2.94. The Hall–Kier alpha value is -4.69. The van der Waals surface area contributed by atoms with Crippen molar-refractivity contribution in [2.75, 3.05) is 26.1 Å². The number of anilines is 1. The second-order valence-electron chi connectivity index (χ2n) is 8.52. The van der Waals surface area contributed by atoms with Crippen LogP contribution < -0.4 is 19.8 Å². The van der Waals surface area contributed by atoms with E-state index in [1.165, 1.54) is 27.2 Å². The lowest BCUT2D eigenvalue weighted by Gasteiger charge is -2.13. The highest BCUT2D eigenvalue weighted by Crippen LogP contribution is 2.38. The summed E-state index contributed by atoms with van der Waals surface area (Å²) >= 11 is 5.47. The van der Waals surface area contributed by atoms with Crippen molar-refractivity contribution in [3.8, 4) is 11.5 Å². The van der Waals surface area contributed by atoms with E-state index in [0.717, 1.165) is 12.3 Å². The molecule has 0 heterocycles. The summed E-state index contributed by atoms with van der Waals surface area (Å²) in [6.45, 7) is 0.576. The number of nitrogens with one attached hydrogen (secondary N) is 2. The van der Waals surface area contributed by atoms with Gasteiger partial charge in [-0.15, -0.1) is 4.91 Å². The van der Waals surface area contributed by atoms with E-state index in [1.807, 2.05) is 0 Å². The van der Waals surface area contributed by atoms with Gasteiger partial charge in [-0.05, 0) is 30.3 Å². The van der Waals surface area contributed by atoms with Gasteiger partial charge in [0.2, 0.25) is 5.69 Å². The summed E-state index contributed by atoms with van der Waals surface area (Å²) in [5.74, 6) is -8.11. The summed E-state index contributed by atoms with van der Waals surface area (Å²) in [5.41, 5.74) is -3.12. The smallest absolute Gasteiger partial charge is 0.348 e. The second kappa shape index (κ2) is 14.5. The number of rotatable bonds is 12. The van der Waals surface area contributed by atoms with Crippen LogP contribution in [0.25, 0.3) is 5.76 Å². The fraction of sp³-hybridized carbons (Fsp3) is 0.214. The number of ether oxygens (including phenoxy) is 3. The Balaban J connectivity index is 2.11. The molecule has 3 aromatic carbocycles. The predicted octanol–water partition coefficient (Wildman–Crippen LogP) is 4.73. The molecular weight excluding hydrogens is 602 g/mol. The number of carbonyl (C=O) groups is 1. The Labute approximate surface area is 247 Å². The number of aliphatic hydroxyl groups is 2. The third kappa shape index (κ3) is 7.04. The Bertz CT molecular complexity index is 1620. The molecular formula is C28H25ClF4N3O7+. The van der Waals surface area contributed by atoms with Crippen molar-refractivity contribution in [2.24, 2.45) is 5.18 Å². The predicted molar refractivity (Wildman–Crippen MR) is 149 cm³/mol. The van der Waals surface area contributed by atoms with E-state index in [9.17, 15) is 37.5 Å². The molecule has 0 radical (unpaired) electrons. The summed E-state index contributed by atoms with van der Waals surface area (Å²) in [6, 6.07) is 7.22. The Morgan fingerprint density at radius 3 is 2.40 bits per heavy atom. The number of hydrogen-bond donors (Lipinski definition) is 4. The quantitative estimate of drug-likeness (QED) is 0.0331. The standard InChI is InChI=1S/C28H24ClF4N3O7/c1-4-43-28(39)16(27(38)21-23(31)22(29)24(32)25(33)26(21)36-40)11-35-18-9-19(17(30)7-14(18)12-37)34-10-13-5-6-15(41-2)8-20(13)42-3/h5-9,11,34,37-38H,4,10,12H2,1-3H3/p+1/b27-16-,35-11?. The number of carbonyl (C=O) groups excluding carboxylic acids is 1. The van der Waals surface area contributed by atoms with E-state index >= 15 is 0 Å². The van der Waals surface area contributed by atoms with Gasteiger partial charge in [0.25, 0.3) is 0 Å². The van der Waals surface area contributed by atoms with E-state index < -0.39 is 63.5 Å². The first kappa shape index (κ1) is 32.8. The monoisotopic (exact) mass is 626 g/mol. The molecule has 0 aliphatic heterocycles. The molecule has 43 heavy (non-hydrogen) atoms. The Kier molecular flexibility index (Phi) is 11.0. The minimum Gasteiger partial charge on any atom is -0.506 e. The molecule has 4 N–H and O–H groups in total. The van der Waals surface area contributed by atoms with Crippen LogP contribution in [0.5, 0.6) is 11.5 Å². The molecule has 15 heteroatoms. The molecule has 0 bridgehead atoms. The number of esters is 1. The van der Waals surface area contributed by atoms with E-state index in [1.54, 1.807) is 18.2 Å². The fourth-order valence-corrected chi connectivity index (χ4v) is 4.02. The van der Waals surface area contributed by atoms with Crippen molar-refractivity contribution in [1.82, 2.24) is 0 Å². The zero-order valence-electron chi connectivity index (χ0n) is 22.9. The van der Waals surface area contributed by atoms with Gasteiger partial charge in [-0.1, -0.05) is 11.6 Å². The van der Waals surface area contributed by atoms with E-state index in [0.29, 0.717) is 17.1 Å². The lowest BCUT2D eigenvalue weighted by atomic mass is 10.0. The van der Waals surface area contributed by atoms with Crippen molar-refractivity contribution in [1.29, 1.82) is 0 Å². The molecule has 0 saturated carbocycles. The van der Waals surface area contributed by atoms with Gasteiger partial charge in [0.15, 0.2) is 34.9 Å². The number of halogens is 5. The maximum absolute atomic E-state index is 14.9. The average molecular weight is 627 g/mol. The first-order valence-electron chi connectivity index (χ1n) is 12.3. The molecule has 0 unspecified atom stereocenters. The van der Waals surface area contributed by atoms with Crippen LogP contribution in [-0.2, 0) is 22.7 Å². The largest absolute Gasteiger partial charge is 0.506 e. The van der Waals surface area contributed by atoms with Crippen LogP contribution in [0.3, 0.4) is 0 Å². The Morgan fingerprint density at radius 2 is 1.79 bits per heavy atom. The molecule has 0 aliphatic carbocycles. The summed E-state index contributed by atoms with van der Waals surface area (Å²) in [4.78, 5) is 26.5. The molecule has 0 aromatic heterocycles. The van der Waals surface area contributed by atoms with Crippen molar-refractivity contribution in [2.45, 2.75) is 20.1 Å². The van der Waals surface area contributed by atoms with Gasteiger partial charge in [-0.3, -0.25) is 0 Å². The van der Waals surface area contributed by atoms with Crippen LogP contribution in [0, 0.1) is 28.2 Å². The SMILES string of the molecule is CCOC(=O)/C(C=[NH+]c1cc(NCc2ccc(OC)cc2OC)c(F)cc1CO)=C(\O)c1c(F)c(Cl)c(F)c(F)c1N=O. The lowest BCUT2D eigenvalue weighted by Crippen LogP contribution is -2.63. The number of hydrogen-bond acceptors (Lipinski definition) is 9. The van der Waals surface area contributed by atoms with Crippen LogP contribution in [-0.4, -0.2) is 43.2 Å². The van der Waals surface area contributed by atoms with Crippen LogP contribution in [0.15, 0.2) is 41.1 Å². The van der Waals surface area contributed by atoms with E-state index in [-0.39, 0.29) is 30.1 Å². The molecule has 228 valence electrons. The highest BCUT2D eigenvalue weighted by atomic mass is 35.5. The molecule has 3 rings (SSSR count). The highest BCUT2D eigenvalue weighted by molar-refractivity contribution is 6.31. The van der Waals surface area contributed by atoms with Crippen LogP contribution >= 0.6 is 11.6 Å².